The minimum atomic E-state index is -0.194. The second-order valence-corrected chi connectivity index (χ2v) is 6.97. The van der Waals surface area contributed by atoms with Crippen molar-refractivity contribution in [2.45, 2.75) is 50.3 Å². The lowest BCUT2D eigenvalue weighted by Gasteiger charge is -2.22. The molecule has 3 fully saturated rings. The topological polar surface area (TPSA) is 80.8 Å². The lowest BCUT2D eigenvalue weighted by atomic mass is 10.1. The van der Waals surface area contributed by atoms with E-state index in [9.17, 15) is 9.59 Å². The Labute approximate surface area is 146 Å². The molecule has 25 heavy (non-hydrogen) atoms. The molecule has 2 saturated heterocycles. The first-order valence-electron chi connectivity index (χ1n) is 9.00. The van der Waals surface area contributed by atoms with Crippen molar-refractivity contribution < 1.29 is 19.1 Å². The van der Waals surface area contributed by atoms with Crippen LogP contribution >= 0.6 is 0 Å². The third-order valence-corrected chi connectivity index (χ3v) is 4.94. The van der Waals surface area contributed by atoms with Crippen molar-refractivity contribution in [2.75, 3.05) is 19.8 Å². The van der Waals surface area contributed by atoms with Gasteiger partial charge >= 0.3 is 0 Å². The van der Waals surface area contributed by atoms with Gasteiger partial charge in [0.15, 0.2) is 0 Å². The van der Waals surface area contributed by atoms with E-state index in [-0.39, 0.29) is 24.0 Å². The number of pyridine rings is 1. The monoisotopic (exact) mass is 345 g/mol. The number of nitrogens with zero attached hydrogens (tertiary/aromatic N) is 2. The van der Waals surface area contributed by atoms with Gasteiger partial charge in [-0.3, -0.25) is 9.59 Å². The van der Waals surface area contributed by atoms with Gasteiger partial charge in [0.05, 0.1) is 24.8 Å². The van der Waals surface area contributed by atoms with Crippen LogP contribution in [0.3, 0.4) is 0 Å². The van der Waals surface area contributed by atoms with E-state index in [1.165, 1.54) is 6.20 Å². The summed E-state index contributed by atoms with van der Waals surface area (Å²) in [5.74, 6) is 0.478. The van der Waals surface area contributed by atoms with Crippen molar-refractivity contribution >= 4 is 11.8 Å². The lowest BCUT2D eigenvalue weighted by molar-refractivity contribution is -0.128. The van der Waals surface area contributed by atoms with Crippen LogP contribution in [0.4, 0.5) is 0 Å². The summed E-state index contributed by atoms with van der Waals surface area (Å²) in [5.41, 5.74) is 0.483. The van der Waals surface area contributed by atoms with E-state index in [2.05, 4.69) is 10.3 Å². The van der Waals surface area contributed by atoms with Gasteiger partial charge in [-0.25, -0.2) is 4.98 Å². The molecule has 4 rings (SSSR count). The molecule has 0 aromatic carbocycles. The Morgan fingerprint density at radius 3 is 2.72 bits per heavy atom. The van der Waals surface area contributed by atoms with Crippen molar-refractivity contribution in [3.05, 3.63) is 23.9 Å². The Balaban J connectivity index is 1.30. The highest BCUT2D eigenvalue weighted by atomic mass is 16.5. The SMILES string of the molecule is O=C(NC1CC(=O)N(C2CC2)C1)c1ccc(OC2CCOCC2)nc1. The van der Waals surface area contributed by atoms with Crippen LogP contribution in [0.2, 0.25) is 0 Å². The van der Waals surface area contributed by atoms with E-state index in [0.29, 0.717) is 43.7 Å². The van der Waals surface area contributed by atoms with E-state index < -0.39 is 0 Å². The molecule has 3 aliphatic rings. The number of amides is 2. The standard InChI is InChI=1S/C18H23N3O4/c22-17-9-13(11-21(17)14-2-3-14)20-18(23)12-1-4-16(19-10-12)25-15-5-7-24-8-6-15/h1,4,10,13-15H,2-3,5-9,11H2,(H,20,23). The van der Waals surface area contributed by atoms with Crippen molar-refractivity contribution in [3.63, 3.8) is 0 Å². The van der Waals surface area contributed by atoms with Gasteiger partial charge < -0.3 is 19.7 Å². The number of hydrogen-bond donors (Lipinski definition) is 1. The fourth-order valence-corrected chi connectivity index (χ4v) is 3.39. The first kappa shape index (κ1) is 16.3. The molecule has 7 heteroatoms. The highest BCUT2D eigenvalue weighted by Gasteiger charge is 2.39. The number of rotatable bonds is 5. The average Bonchev–Trinajstić information content (AvgIpc) is 3.40. The van der Waals surface area contributed by atoms with Crippen LogP contribution in [0.5, 0.6) is 5.88 Å². The fourth-order valence-electron chi connectivity index (χ4n) is 3.39. The van der Waals surface area contributed by atoms with Crippen molar-refractivity contribution in [1.29, 1.82) is 0 Å². The number of carbonyl (C=O) groups is 2. The Hall–Kier alpha value is -2.15. The molecule has 7 nitrogen and oxygen atoms in total. The van der Waals surface area contributed by atoms with Crippen LogP contribution in [0.25, 0.3) is 0 Å². The lowest BCUT2D eigenvalue weighted by Crippen LogP contribution is -2.37. The Kier molecular flexibility index (Phi) is 4.57. The third-order valence-electron chi connectivity index (χ3n) is 4.94. The number of ether oxygens (including phenoxy) is 2. The quantitative estimate of drug-likeness (QED) is 0.865. The zero-order chi connectivity index (χ0) is 17.2. The van der Waals surface area contributed by atoms with E-state index in [4.69, 9.17) is 9.47 Å². The molecule has 1 aromatic rings. The number of aromatic nitrogens is 1. The largest absolute Gasteiger partial charge is 0.474 e. The zero-order valence-electron chi connectivity index (χ0n) is 14.1. The Morgan fingerprint density at radius 1 is 1.24 bits per heavy atom. The average molecular weight is 345 g/mol. The van der Waals surface area contributed by atoms with Crippen LogP contribution in [0.15, 0.2) is 18.3 Å². The van der Waals surface area contributed by atoms with Crippen molar-refractivity contribution in [1.82, 2.24) is 15.2 Å². The van der Waals surface area contributed by atoms with Gasteiger partial charge in [0.2, 0.25) is 11.8 Å². The fraction of sp³-hybridized carbons (Fsp3) is 0.611. The Morgan fingerprint density at radius 2 is 2.04 bits per heavy atom. The molecule has 0 bridgehead atoms. The second kappa shape index (κ2) is 7.00. The molecular weight excluding hydrogens is 322 g/mol. The summed E-state index contributed by atoms with van der Waals surface area (Å²) in [6.45, 7) is 2.04. The summed E-state index contributed by atoms with van der Waals surface area (Å²) in [5, 5.41) is 2.94. The summed E-state index contributed by atoms with van der Waals surface area (Å²) in [7, 11) is 0. The molecule has 3 heterocycles. The number of likely N-dealkylation sites (tertiary alicyclic amines) is 1. The summed E-state index contributed by atoms with van der Waals surface area (Å²) in [4.78, 5) is 30.4. The van der Waals surface area contributed by atoms with Gasteiger partial charge in [-0.1, -0.05) is 0 Å². The minimum absolute atomic E-state index is 0.112. The van der Waals surface area contributed by atoms with Gasteiger partial charge in [0.25, 0.3) is 5.91 Å². The molecule has 1 aliphatic carbocycles. The summed E-state index contributed by atoms with van der Waals surface area (Å²) >= 11 is 0. The number of carbonyl (C=O) groups excluding carboxylic acids is 2. The first-order valence-corrected chi connectivity index (χ1v) is 9.00. The maximum atomic E-state index is 12.4. The maximum Gasteiger partial charge on any atom is 0.253 e. The van der Waals surface area contributed by atoms with Crippen LogP contribution in [-0.4, -0.2) is 59.6 Å². The van der Waals surface area contributed by atoms with Gasteiger partial charge in [-0.2, -0.15) is 0 Å². The van der Waals surface area contributed by atoms with Crippen LogP contribution in [0.1, 0.15) is 42.5 Å². The van der Waals surface area contributed by atoms with Gasteiger partial charge in [0, 0.05) is 44.1 Å². The van der Waals surface area contributed by atoms with Crippen molar-refractivity contribution in [2.24, 2.45) is 0 Å². The molecule has 1 atom stereocenters. The smallest absolute Gasteiger partial charge is 0.253 e. The number of nitrogens with one attached hydrogen (secondary N) is 1. The van der Waals surface area contributed by atoms with E-state index in [1.807, 2.05) is 4.90 Å². The van der Waals surface area contributed by atoms with E-state index >= 15 is 0 Å². The molecule has 1 unspecified atom stereocenters. The molecule has 1 saturated carbocycles. The summed E-state index contributed by atoms with van der Waals surface area (Å²) in [6, 6.07) is 3.73. The van der Waals surface area contributed by atoms with Gasteiger partial charge in [-0.15, -0.1) is 0 Å². The van der Waals surface area contributed by atoms with Gasteiger partial charge in [-0.05, 0) is 18.9 Å². The maximum absolute atomic E-state index is 12.4. The van der Waals surface area contributed by atoms with Gasteiger partial charge in [0.1, 0.15) is 6.10 Å². The van der Waals surface area contributed by atoms with Crippen LogP contribution in [0, 0.1) is 0 Å². The van der Waals surface area contributed by atoms with Crippen LogP contribution < -0.4 is 10.1 Å². The normalized spacial score (nSPS) is 24.4. The molecule has 2 amide bonds. The Bertz CT molecular complexity index is 638. The zero-order valence-corrected chi connectivity index (χ0v) is 14.1. The third kappa shape index (κ3) is 3.92. The highest BCUT2D eigenvalue weighted by molar-refractivity contribution is 5.94. The first-order chi connectivity index (χ1) is 12.2. The van der Waals surface area contributed by atoms with Crippen molar-refractivity contribution in [3.8, 4) is 5.88 Å². The number of hydrogen-bond acceptors (Lipinski definition) is 5. The molecule has 1 aromatic heterocycles. The molecule has 0 spiro atoms. The molecule has 2 aliphatic heterocycles. The highest BCUT2D eigenvalue weighted by Crippen LogP contribution is 2.30. The summed E-state index contributed by atoms with van der Waals surface area (Å²) in [6.07, 6.45) is 5.93. The molecule has 1 N–H and O–H groups in total. The van der Waals surface area contributed by atoms with E-state index in [0.717, 1.165) is 25.7 Å². The summed E-state index contributed by atoms with van der Waals surface area (Å²) < 4.78 is 11.1. The molecular formula is C18H23N3O4. The molecule has 134 valence electrons. The second-order valence-electron chi connectivity index (χ2n) is 6.97. The predicted octanol–water partition coefficient (Wildman–Crippen LogP) is 1.13. The predicted molar refractivity (Wildman–Crippen MR) is 89.3 cm³/mol. The van der Waals surface area contributed by atoms with E-state index in [1.54, 1.807) is 12.1 Å². The molecule has 0 radical (unpaired) electrons. The van der Waals surface area contributed by atoms with Crippen LogP contribution in [-0.2, 0) is 9.53 Å². The minimum Gasteiger partial charge on any atom is -0.474 e.